The van der Waals surface area contributed by atoms with Gasteiger partial charge in [-0.15, -0.1) is 11.3 Å². The van der Waals surface area contributed by atoms with Crippen LogP contribution in [0.5, 0.6) is 0 Å². The first kappa shape index (κ1) is 21.1. The number of likely N-dealkylation sites (tertiary alicyclic amines) is 1. The van der Waals surface area contributed by atoms with E-state index < -0.39 is 10.0 Å². The minimum absolute atomic E-state index is 0.344. The molecule has 0 aromatic carbocycles. The predicted molar refractivity (Wildman–Crippen MR) is 108 cm³/mol. The Morgan fingerprint density at radius 2 is 2.19 bits per heavy atom. The molecule has 1 saturated heterocycles. The fourth-order valence-electron chi connectivity index (χ4n) is 3.00. The van der Waals surface area contributed by atoms with Crippen LogP contribution in [0.4, 0.5) is 0 Å². The van der Waals surface area contributed by atoms with Gasteiger partial charge in [-0.25, -0.2) is 8.42 Å². The quantitative estimate of drug-likeness (QED) is 0.531. The maximum Gasteiger partial charge on any atom is 0.252 e. The van der Waals surface area contributed by atoms with Crippen LogP contribution in [0.1, 0.15) is 20.8 Å². The highest BCUT2D eigenvalue weighted by Crippen LogP contribution is 2.20. The summed E-state index contributed by atoms with van der Waals surface area (Å²) in [5, 5.41) is 8.47. The number of rotatable bonds is 7. The first-order chi connectivity index (χ1) is 12.3. The van der Waals surface area contributed by atoms with Gasteiger partial charge in [0.25, 0.3) is 10.0 Å². The van der Waals surface area contributed by atoms with E-state index >= 15 is 0 Å². The number of hydrogen-bond donors (Lipinski definition) is 2. The number of guanidine groups is 1. The fourth-order valence-corrected chi connectivity index (χ4v) is 5.37. The minimum Gasteiger partial charge on any atom is -0.355 e. The molecule has 7 nitrogen and oxygen atoms in total. The third-order valence-electron chi connectivity index (χ3n) is 4.80. The summed E-state index contributed by atoms with van der Waals surface area (Å²) >= 11 is 1.24. The van der Waals surface area contributed by atoms with Crippen molar-refractivity contribution in [1.29, 1.82) is 0 Å². The summed E-state index contributed by atoms with van der Waals surface area (Å²) in [4.78, 5) is 6.73. The van der Waals surface area contributed by atoms with Gasteiger partial charge in [0.1, 0.15) is 4.21 Å². The van der Waals surface area contributed by atoms with Gasteiger partial charge in [-0.1, -0.05) is 13.0 Å². The Morgan fingerprint density at radius 3 is 2.73 bits per heavy atom. The lowest BCUT2D eigenvalue weighted by molar-refractivity contribution is 0.265. The van der Waals surface area contributed by atoms with Crippen molar-refractivity contribution < 1.29 is 8.42 Å². The van der Waals surface area contributed by atoms with Gasteiger partial charge < -0.3 is 10.6 Å². The molecule has 0 amide bonds. The number of hydrogen-bond acceptors (Lipinski definition) is 5. The number of nitrogens with one attached hydrogen (secondary N) is 2. The Balaban J connectivity index is 1.82. The Hall–Kier alpha value is -1.16. The van der Waals surface area contributed by atoms with Crippen LogP contribution in [0.15, 0.2) is 26.7 Å². The van der Waals surface area contributed by atoms with Crippen molar-refractivity contribution >= 4 is 27.3 Å². The Morgan fingerprint density at radius 1 is 1.46 bits per heavy atom. The summed E-state index contributed by atoms with van der Waals surface area (Å²) in [6.45, 7) is 9.61. The normalized spacial score (nSPS) is 22.3. The SMILES string of the molecule is CN=C(NCCN(C)S(=O)(=O)c1cccs1)NC1CN(C(C)C)CC1C. The van der Waals surface area contributed by atoms with Crippen molar-refractivity contribution in [1.82, 2.24) is 19.8 Å². The average molecular weight is 402 g/mol. The topological polar surface area (TPSA) is 77.0 Å². The summed E-state index contributed by atoms with van der Waals surface area (Å²) in [5.41, 5.74) is 0. The average Bonchev–Trinajstić information content (AvgIpc) is 3.24. The molecule has 1 fully saturated rings. The Kier molecular flexibility index (Phi) is 7.45. The molecule has 1 aromatic rings. The summed E-state index contributed by atoms with van der Waals surface area (Å²) in [6, 6.07) is 4.26. The molecule has 2 N–H and O–H groups in total. The van der Waals surface area contributed by atoms with Gasteiger partial charge in [0.05, 0.1) is 0 Å². The largest absolute Gasteiger partial charge is 0.355 e. The molecular weight excluding hydrogens is 370 g/mol. The zero-order chi connectivity index (χ0) is 19.3. The molecule has 0 saturated carbocycles. The molecule has 2 heterocycles. The first-order valence-corrected chi connectivity index (χ1v) is 11.3. The minimum atomic E-state index is -3.40. The third-order valence-corrected chi connectivity index (χ3v) is 8.03. The second-order valence-electron chi connectivity index (χ2n) is 7.03. The summed E-state index contributed by atoms with van der Waals surface area (Å²) < 4.78 is 26.6. The Labute approximate surface area is 161 Å². The van der Waals surface area contributed by atoms with Gasteiger partial charge in [-0.2, -0.15) is 4.31 Å². The van der Waals surface area contributed by atoms with Crippen LogP contribution in [-0.4, -0.2) is 75.9 Å². The zero-order valence-electron chi connectivity index (χ0n) is 16.3. The van der Waals surface area contributed by atoms with Gasteiger partial charge in [0, 0.05) is 52.4 Å². The van der Waals surface area contributed by atoms with E-state index in [1.54, 1.807) is 31.6 Å². The van der Waals surface area contributed by atoms with E-state index in [0.717, 1.165) is 19.0 Å². The van der Waals surface area contributed by atoms with Gasteiger partial charge in [0.2, 0.25) is 0 Å². The molecule has 1 aliphatic heterocycles. The number of sulfonamides is 1. The van der Waals surface area contributed by atoms with Crippen LogP contribution in [0.25, 0.3) is 0 Å². The van der Waals surface area contributed by atoms with Crippen LogP contribution >= 0.6 is 11.3 Å². The lowest BCUT2D eigenvalue weighted by atomic mass is 10.1. The van der Waals surface area contributed by atoms with Gasteiger partial charge in [0.15, 0.2) is 5.96 Å². The standard InChI is InChI=1S/C17H31N5O2S2/c1-13(2)22-11-14(3)15(12-22)20-17(18-4)19-8-9-21(5)26(23,24)16-7-6-10-25-16/h6-7,10,13-15H,8-9,11-12H2,1-5H3,(H2,18,19,20). The van der Waals surface area contributed by atoms with E-state index in [0.29, 0.717) is 35.3 Å². The molecule has 26 heavy (non-hydrogen) atoms. The molecule has 1 aliphatic rings. The number of nitrogens with zero attached hydrogens (tertiary/aromatic N) is 3. The van der Waals surface area contributed by atoms with E-state index in [1.165, 1.54) is 15.6 Å². The summed E-state index contributed by atoms with van der Waals surface area (Å²) in [7, 11) is -0.0624. The molecule has 9 heteroatoms. The monoisotopic (exact) mass is 401 g/mol. The van der Waals surface area contributed by atoms with E-state index in [2.05, 4.69) is 41.3 Å². The summed E-state index contributed by atoms with van der Waals surface area (Å²) in [6.07, 6.45) is 0. The molecule has 0 aliphatic carbocycles. The smallest absolute Gasteiger partial charge is 0.252 e. The van der Waals surface area contributed by atoms with Crippen molar-refractivity contribution in [3.05, 3.63) is 17.5 Å². The zero-order valence-corrected chi connectivity index (χ0v) is 17.9. The highest BCUT2D eigenvalue weighted by Gasteiger charge is 2.31. The van der Waals surface area contributed by atoms with Crippen LogP contribution in [-0.2, 0) is 10.0 Å². The van der Waals surface area contributed by atoms with Crippen molar-refractivity contribution in [2.24, 2.45) is 10.9 Å². The number of thiophene rings is 1. The summed E-state index contributed by atoms with van der Waals surface area (Å²) in [5.74, 6) is 1.26. The van der Waals surface area contributed by atoms with Crippen LogP contribution in [0, 0.1) is 5.92 Å². The molecule has 0 spiro atoms. The molecule has 2 rings (SSSR count). The van der Waals surface area contributed by atoms with Crippen LogP contribution in [0.3, 0.4) is 0 Å². The second kappa shape index (κ2) is 9.16. The van der Waals surface area contributed by atoms with Gasteiger partial charge in [-0.05, 0) is 31.2 Å². The molecule has 148 valence electrons. The molecule has 2 unspecified atom stereocenters. The van der Waals surface area contributed by atoms with Crippen LogP contribution in [0.2, 0.25) is 0 Å². The first-order valence-electron chi connectivity index (χ1n) is 8.96. The second-order valence-corrected chi connectivity index (χ2v) is 10.3. The lowest BCUT2D eigenvalue weighted by Gasteiger charge is -2.22. The maximum absolute atomic E-state index is 12.4. The van der Waals surface area contributed by atoms with E-state index in [-0.39, 0.29) is 0 Å². The van der Waals surface area contributed by atoms with Crippen molar-refractivity contribution in [2.75, 3.05) is 40.3 Å². The van der Waals surface area contributed by atoms with E-state index in [9.17, 15) is 8.42 Å². The number of aliphatic imine (C=N–C) groups is 1. The maximum atomic E-state index is 12.4. The van der Waals surface area contributed by atoms with E-state index in [4.69, 9.17) is 0 Å². The predicted octanol–water partition coefficient (Wildman–Crippen LogP) is 1.26. The molecule has 0 bridgehead atoms. The third kappa shape index (κ3) is 5.18. The fraction of sp³-hybridized carbons (Fsp3) is 0.706. The Bertz CT molecular complexity index is 688. The van der Waals surface area contributed by atoms with Crippen molar-refractivity contribution in [3.63, 3.8) is 0 Å². The van der Waals surface area contributed by atoms with Crippen molar-refractivity contribution in [2.45, 2.75) is 37.1 Å². The highest BCUT2D eigenvalue weighted by atomic mass is 32.2. The van der Waals surface area contributed by atoms with Crippen LogP contribution < -0.4 is 10.6 Å². The molecular formula is C17H31N5O2S2. The highest BCUT2D eigenvalue weighted by molar-refractivity contribution is 7.91. The molecule has 1 aromatic heterocycles. The van der Waals surface area contributed by atoms with E-state index in [1.807, 2.05) is 0 Å². The molecule has 0 radical (unpaired) electrons. The number of likely N-dealkylation sites (N-methyl/N-ethyl adjacent to an activating group) is 1. The van der Waals surface area contributed by atoms with Crippen molar-refractivity contribution in [3.8, 4) is 0 Å². The lowest BCUT2D eigenvalue weighted by Crippen LogP contribution is -2.48. The van der Waals surface area contributed by atoms with Gasteiger partial charge in [-0.3, -0.25) is 9.89 Å². The van der Waals surface area contributed by atoms with Gasteiger partial charge >= 0.3 is 0 Å². The molecule has 2 atom stereocenters.